The minimum Gasteiger partial charge on any atom is -0.443 e. The highest BCUT2D eigenvalue weighted by molar-refractivity contribution is 7.92. The van der Waals surface area contributed by atoms with Crippen LogP contribution < -0.4 is 9.62 Å². The topological polar surface area (TPSA) is 128 Å². The van der Waals surface area contributed by atoms with Crippen molar-refractivity contribution in [2.75, 3.05) is 9.62 Å². The molecular formula is C30H28Cl2F2N4O6S. The zero-order valence-electron chi connectivity index (χ0n) is 24.9. The lowest BCUT2D eigenvalue weighted by Crippen LogP contribution is -2.44. The van der Waals surface area contributed by atoms with Crippen molar-refractivity contribution in [3.05, 3.63) is 76.4 Å². The van der Waals surface area contributed by atoms with Gasteiger partial charge in [0, 0.05) is 16.6 Å². The maximum absolute atomic E-state index is 15.8. The Hall–Kier alpha value is -4.07. The molecule has 0 atom stereocenters. The first-order chi connectivity index (χ1) is 20.8. The maximum atomic E-state index is 15.8. The van der Waals surface area contributed by atoms with E-state index in [-0.39, 0.29) is 21.1 Å². The van der Waals surface area contributed by atoms with Gasteiger partial charge in [-0.2, -0.15) is 0 Å². The van der Waals surface area contributed by atoms with Gasteiger partial charge in [0.25, 0.3) is 10.0 Å². The Kier molecular flexibility index (Phi) is 9.30. The number of hydrogen-bond donors (Lipinski definition) is 1. The van der Waals surface area contributed by atoms with E-state index in [0.717, 1.165) is 18.2 Å². The number of halogens is 4. The molecule has 1 N–H and O–H groups in total. The molecule has 0 aliphatic carbocycles. The molecule has 3 aromatic carbocycles. The van der Waals surface area contributed by atoms with E-state index in [1.165, 1.54) is 36.5 Å². The summed E-state index contributed by atoms with van der Waals surface area (Å²) < 4.78 is 69.7. The summed E-state index contributed by atoms with van der Waals surface area (Å²) in [5, 5.41) is 0.310. The average molecular weight is 682 g/mol. The summed E-state index contributed by atoms with van der Waals surface area (Å²) in [6.07, 6.45) is -0.914. The summed E-state index contributed by atoms with van der Waals surface area (Å²) in [6, 6.07) is 9.67. The second-order valence-corrected chi connectivity index (χ2v) is 14.2. The largest absolute Gasteiger partial charge is 0.443 e. The minimum atomic E-state index is -4.44. The molecular weight excluding hydrogens is 653 g/mol. The van der Waals surface area contributed by atoms with Crippen molar-refractivity contribution >= 4 is 68.0 Å². The molecule has 0 spiro atoms. The van der Waals surface area contributed by atoms with Gasteiger partial charge in [-0.3, -0.25) is 4.72 Å². The molecule has 1 heterocycles. The van der Waals surface area contributed by atoms with Crippen molar-refractivity contribution in [3.8, 4) is 11.1 Å². The van der Waals surface area contributed by atoms with Crippen LogP contribution in [0.1, 0.15) is 41.5 Å². The summed E-state index contributed by atoms with van der Waals surface area (Å²) in [4.78, 5) is 34.6. The Morgan fingerprint density at radius 2 is 1.51 bits per heavy atom. The van der Waals surface area contributed by atoms with Gasteiger partial charge in [-0.15, -0.1) is 4.90 Å². The zero-order chi connectivity index (χ0) is 33.5. The standard InChI is InChI=1S/C30H28Cl2F2N4O6S/c1-29(2,3)43-27(39)38(28(40)44-30(4,5)6)26-35-15-17-8-7-16(13-22(17)36-26)24-20(33)11-12-21(25(24)34)37-45(41,42)23-14-18(31)9-10-19(23)32/h7-15,37H,1-6H3. The number of aromatic nitrogens is 2. The van der Waals surface area contributed by atoms with E-state index in [4.69, 9.17) is 32.7 Å². The number of imide groups is 1. The van der Waals surface area contributed by atoms with E-state index in [9.17, 15) is 18.0 Å². The van der Waals surface area contributed by atoms with Crippen LogP contribution in [-0.2, 0) is 19.5 Å². The van der Waals surface area contributed by atoms with E-state index in [1.54, 1.807) is 41.5 Å². The Balaban J connectivity index is 1.78. The van der Waals surface area contributed by atoms with E-state index in [1.807, 2.05) is 0 Å². The molecule has 0 bridgehead atoms. The number of sulfonamides is 1. The van der Waals surface area contributed by atoms with Crippen LogP contribution in [0.25, 0.3) is 22.0 Å². The third kappa shape index (κ3) is 7.96. The number of nitrogens with zero attached hydrogens (tertiary/aromatic N) is 3. The van der Waals surface area contributed by atoms with Crippen molar-refractivity contribution in [1.82, 2.24) is 9.97 Å². The van der Waals surface area contributed by atoms with Crippen LogP contribution in [0, 0.1) is 11.6 Å². The Labute approximate surface area is 268 Å². The van der Waals surface area contributed by atoms with Crippen molar-refractivity contribution < 1.29 is 36.3 Å². The van der Waals surface area contributed by atoms with E-state index in [2.05, 4.69) is 14.7 Å². The first-order valence-corrected chi connectivity index (χ1v) is 15.5. The molecule has 15 heteroatoms. The van der Waals surface area contributed by atoms with Gasteiger partial charge < -0.3 is 9.47 Å². The number of rotatable bonds is 5. The lowest BCUT2D eigenvalue weighted by molar-refractivity contribution is 0.0427. The van der Waals surface area contributed by atoms with Crippen LogP contribution in [0.2, 0.25) is 10.0 Å². The molecule has 0 aliphatic rings. The molecule has 0 unspecified atom stereocenters. The van der Waals surface area contributed by atoms with E-state index < -0.39 is 67.1 Å². The number of carbonyl (C=O) groups is 2. The van der Waals surface area contributed by atoms with Crippen molar-refractivity contribution in [3.63, 3.8) is 0 Å². The second kappa shape index (κ2) is 12.4. The number of amides is 2. The highest BCUT2D eigenvalue weighted by Gasteiger charge is 2.35. The summed E-state index contributed by atoms with van der Waals surface area (Å²) in [5.41, 5.74) is -3.06. The second-order valence-electron chi connectivity index (χ2n) is 11.7. The average Bonchev–Trinajstić information content (AvgIpc) is 2.89. The fourth-order valence-corrected chi connectivity index (χ4v) is 5.73. The van der Waals surface area contributed by atoms with Crippen LogP contribution in [0.15, 0.2) is 59.6 Å². The number of ether oxygens (including phenoxy) is 2. The smallest absolute Gasteiger partial charge is 0.427 e. The van der Waals surface area contributed by atoms with Crippen LogP contribution in [-0.4, -0.2) is 41.8 Å². The number of fused-ring (bicyclic) bond motifs is 1. The van der Waals surface area contributed by atoms with Crippen LogP contribution >= 0.6 is 23.2 Å². The zero-order valence-corrected chi connectivity index (χ0v) is 27.2. The van der Waals surface area contributed by atoms with Gasteiger partial charge in [0.05, 0.1) is 21.8 Å². The molecule has 0 saturated heterocycles. The fraction of sp³-hybridized carbons (Fsp3) is 0.267. The van der Waals surface area contributed by atoms with Gasteiger partial charge in [-0.25, -0.2) is 36.8 Å². The van der Waals surface area contributed by atoms with E-state index >= 15 is 8.78 Å². The van der Waals surface area contributed by atoms with Crippen LogP contribution in [0.5, 0.6) is 0 Å². The number of carbonyl (C=O) groups excluding carboxylic acids is 2. The molecule has 10 nitrogen and oxygen atoms in total. The summed E-state index contributed by atoms with van der Waals surface area (Å²) in [5.74, 6) is -2.65. The van der Waals surface area contributed by atoms with Crippen molar-refractivity contribution in [2.24, 2.45) is 0 Å². The normalized spacial score (nSPS) is 12.1. The molecule has 4 aromatic rings. The Morgan fingerprint density at radius 3 is 2.11 bits per heavy atom. The molecule has 2 amide bonds. The quantitative estimate of drug-likeness (QED) is 0.223. The minimum absolute atomic E-state index is 0.0370. The summed E-state index contributed by atoms with van der Waals surface area (Å²) in [7, 11) is -4.44. The Bertz CT molecular complexity index is 1900. The third-order valence-electron chi connectivity index (χ3n) is 5.73. The Morgan fingerprint density at radius 1 is 0.889 bits per heavy atom. The molecule has 0 fully saturated rings. The van der Waals surface area contributed by atoms with Gasteiger partial charge in [-0.1, -0.05) is 35.3 Å². The molecule has 0 aliphatic heterocycles. The number of nitrogens with one attached hydrogen (secondary N) is 1. The number of anilines is 2. The molecule has 1 aromatic heterocycles. The molecule has 4 rings (SSSR count). The molecule has 0 saturated carbocycles. The van der Waals surface area contributed by atoms with Gasteiger partial charge in [0.1, 0.15) is 21.9 Å². The fourth-order valence-electron chi connectivity index (χ4n) is 3.91. The van der Waals surface area contributed by atoms with Crippen molar-refractivity contribution in [1.29, 1.82) is 0 Å². The highest BCUT2D eigenvalue weighted by atomic mass is 35.5. The molecule has 0 radical (unpaired) electrons. The monoisotopic (exact) mass is 680 g/mol. The first-order valence-electron chi connectivity index (χ1n) is 13.2. The lowest BCUT2D eigenvalue weighted by Gasteiger charge is -2.27. The predicted molar refractivity (Wildman–Crippen MR) is 167 cm³/mol. The van der Waals surface area contributed by atoms with Crippen molar-refractivity contribution in [2.45, 2.75) is 57.6 Å². The summed E-state index contributed by atoms with van der Waals surface area (Å²) in [6.45, 7) is 9.62. The summed E-state index contributed by atoms with van der Waals surface area (Å²) >= 11 is 11.9. The first kappa shape index (κ1) is 33.8. The highest BCUT2D eigenvalue weighted by Crippen LogP contribution is 2.34. The third-order valence-corrected chi connectivity index (χ3v) is 7.81. The van der Waals surface area contributed by atoms with Gasteiger partial charge in [-0.05, 0) is 83.5 Å². The molecule has 45 heavy (non-hydrogen) atoms. The van der Waals surface area contributed by atoms with Gasteiger partial charge in [0.2, 0.25) is 5.95 Å². The van der Waals surface area contributed by atoms with Gasteiger partial charge >= 0.3 is 12.2 Å². The van der Waals surface area contributed by atoms with E-state index in [0.29, 0.717) is 10.3 Å². The molecule has 238 valence electrons. The van der Waals surface area contributed by atoms with Gasteiger partial charge in [0.15, 0.2) is 5.82 Å². The van der Waals surface area contributed by atoms with Crippen LogP contribution in [0.3, 0.4) is 0 Å². The van der Waals surface area contributed by atoms with Crippen LogP contribution in [0.4, 0.5) is 30.0 Å². The number of benzene rings is 3. The number of hydrogen-bond acceptors (Lipinski definition) is 8. The SMILES string of the molecule is CC(C)(C)OC(=O)N(C(=O)OC(C)(C)C)c1ncc2ccc(-c3c(F)ccc(NS(=O)(=O)c4cc(Cl)ccc4Cl)c3F)cc2n1. The lowest BCUT2D eigenvalue weighted by atomic mass is 10.0. The maximum Gasteiger partial charge on any atom is 0.427 e. The predicted octanol–water partition coefficient (Wildman–Crippen LogP) is 8.36.